The number of methoxy groups -OCH3 is 1. The maximum Gasteiger partial charge on any atom is 0.270 e. The van der Waals surface area contributed by atoms with Crippen molar-refractivity contribution in [2.75, 3.05) is 13.7 Å². The Bertz CT molecular complexity index is 1080. The summed E-state index contributed by atoms with van der Waals surface area (Å²) in [6.07, 6.45) is 0.727. The molecule has 0 aliphatic heterocycles. The molecule has 0 bridgehead atoms. The van der Waals surface area contributed by atoms with Crippen LogP contribution in [-0.2, 0) is 11.3 Å². The van der Waals surface area contributed by atoms with E-state index < -0.39 is 4.92 Å². The molecule has 0 saturated carbocycles. The van der Waals surface area contributed by atoms with Crippen LogP contribution in [0.5, 0.6) is 0 Å². The van der Waals surface area contributed by atoms with Gasteiger partial charge in [0.05, 0.1) is 15.5 Å². The lowest BCUT2D eigenvalue weighted by Crippen LogP contribution is -2.05. The molecule has 0 fully saturated rings. The minimum absolute atomic E-state index is 0.135. The maximum absolute atomic E-state index is 11.0. The van der Waals surface area contributed by atoms with Crippen LogP contribution in [0.3, 0.4) is 0 Å². The molecule has 1 heterocycles. The van der Waals surface area contributed by atoms with Crippen LogP contribution in [0.2, 0.25) is 5.02 Å². The van der Waals surface area contributed by atoms with Gasteiger partial charge in [0.25, 0.3) is 5.69 Å². The van der Waals surface area contributed by atoms with E-state index in [1.807, 2.05) is 28.8 Å². The van der Waals surface area contributed by atoms with Gasteiger partial charge in [0, 0.05) is 42.9 Å². The Labute approximate surface area is 176 Å². The summed E-state index contributed by atoms with van der Waals surface area (Å²) < 4.78 is 7.06. The quantitative estimate of drug-likeness (QED) is 0.293. The van der Waals surface area contributed by atoms with Gasteiger partial charge in [0.1, 0.15) is 6.07 Å². The second-order valence-electron chi connectivity index (χ2n) is 5.94. The van der Waals surface area contributed by atoms with Gasteiger partial charge in [0.2, 0.25) is 0 Å². The Morgan fingerprint density at radius 3 is 2.79 bits per heavy atom. The number of aromatic nitrogens is 3. The molecule has 0 aliphatic carbocycles. The van der Waals surface area contributed by atoms with E-state index in [0.29, 0.717) is 34.1 Å². The molecule has 1 aromatic heterocycles. The van der Waals surface area contributed by atoms with Crippen LogP contribution < -0.4 is 0 Å². The smallest absolute Gasteiger partial charge is 0.270 e. The van der Waals surface area contributed by atoms with Crippen molar-refractivity contribution in [1.29, 1.82) is 5.26 Å². The van der Waals surface area contributed by atoms with Crippen LogP contribution in [0.15, 0.2) is 52.5 Å². The molecule has 0 spiro atoms. The highest BCUT2D eigenvalue weighted by atomic mass is 35.5. The Balaban J connectivity index is 2.00. The molecular weight excluding hydrogens is 414 g/mol. The van der Waals surface area contributed by atoms with Crippen molar-refractivity contribution >= 4 is 29.1 Å². The van der Waals surface area contributed by atoms with Crippen molar-refractivity contribution in [3.8, 4) is 17.5 Å². The number of halogens is 1. The van der Waals surface area contributed by atoms with Gasteiger partial charge in [-0.3, -0.25) is 10.1 Å². The molecule has 2 aromatic carbocycles. The zero-order valence-corrected chi connectivity index (χ0v) is 17.0. The first kappa shape index (κ1) is 20.8. The summed E-state index contributed by atoms with van der Waals surface area (Å²) in [5, 5.41) is 30.1. The Kier molecular flexibility index (Phi) is 6.82. The third kappa shape index (κ3) is 4.74. The molecule has 10 heteroatoms. The molecule has 0 aliphatic rings. The molecule has 3 aromatic rings. The van der Waals surface area contributed by atoms with Crippen LogP contribution in [0.25, 0.3) is 11.4 Å². The molecule has 0 amide bonds. The summed E-state index contributed by atoms with van der Waals surface area (Å²) in [5.41, 5.74) is 0.814. The molecule has 29 heavy (non-hydrogen) atoms. The average Bonchev–Trinajstić information content (AvgIpc) is 3.11. The minimum atomic E-state index is -0.530. The summed E-state index contributed by atoms with van der Waals surface area (Å²) in [6.45, 7) is 1.14. The fourth-order valence-corrected chi connectivity index (χ4v) is 3.82. The van der Waals surface area contributed by atoms with Crippen molar-refractivity contribution in [2.45, 2.75) is 23.0 Å². The van der Waals surface area contributed by atoms with Gasteiger partial charge in [-0.25, -0.2) is 0 Å². The number of hydrogen-bond acceptors (Lipinski definition) is 7. The van der Waals surface area contributed by atoms with Crippen LogP contribution >= 0.6 is 23.4 Å². The lowest BCUT2D eigenvalue weighted by molar-refractivity contribution is -0.384. The molecule has 8 nitrogen and oxygen atoms in total. The summed E-state index contributed by atoms with van der Waals surface area (Å²) in [5.74, 6) is 0.606. The number of nitriles is 1. The SMILES string of the molecule is COCCCn1c(Sc2ccc([N+](=O)[O-])cc2C#N)nnc1-c1ccccc1Cl. The molecule has 0 N–H and O–H groups in total. The highest BCUT2D eigenvalue weighted by Crippen LogP contribution is 2.34. The van der Waals surface area contributed by atoms with Gasteiger partial charge >= 0.3 is 0 Å². The van der Waals surface area contributed by atoms with Gasteiger partial charge in [-0.15, -0.1) is 10.2 Å². The standard InChI is InChI=1S/C19H16ClN5O3S/c1-28-10-4-9-24-18(15-5-2-3-6-16(15)20)22-23-19(24)29-17-8-7-14(25(26)27)11-13(17)12-21/h2-3,5-8,11H,4,9-10H2,1H3. The minimum Gasteiger partial charge on any atom is -0.385 e. The largest absolute Gasteiger partial charge is 0.385 e. The first-order valence-corrected chi connectivity index (χ1v) is 9.78. The highest BCUT2D eigenvalue weighted by Gasteiger charge is 2.19. The molecular formula is C19H16ClN5O3S. The van der Waals surface area contributed by atoms with Gasteiger partial charge < -0.3 is 9.30 Å². The fourth-order valence-electron chi connectivity index (χ4n) is 2.68. The van der Waals surface area contributed by atoms with Crippen molar-refractivity contribution in [2.24, 2.45) is 0 Å². The van der Waals surface area contributed by atoms with E-state index in [1.165, 1.54) is 23.9 Å². The Morgan fingerprint density at radius 1 is 1.31 bits per heavy atom. The first-order valence-electron chi connectivity index (χ1n) is 8.58. The molecule has 3 rings (SSSR count). The number of nitrogens with zero attached hydrogens (tertiary/aromatic N) is 5. The molecule has 0 unspecified atom stereocenters. The Morgan fingerprint density at radius 2 is 2.10 bits per heavy atom. The fraction of sp³-hybridized carbons (Fsp3) is 0.211. The van der Waals surface area contributed by atoms with Crippen LogP contribution in [0.4, 0.5) is 5.69 Å². The molecule has 0 atom stereocenters. The predicted octanol–water partition coefficient (Wildman–Crippen LogP) is 4.57. The number of non-ortho nitro benzene ring substituents is 1. The Hall–Kier alpha value is -2.93. The molecule has 0 radical (unpaired) electrons. The number of hydrogen-bond donors (Lipinski definition) is 0. The average molecular weight is 430 g/mol. The lowest BCUT2D eigenvalue weighted by atomic mass is 10.2. The zero-order valence-electron chi connectivity index (χ0n) is 15.4. The normalized spacial score (nSPS) is 10.7. The summed E-state index contributed by atoms with van der Waals surface area (Å²) in [4.78, 5) is 11.0. The molecule has 0 saturated heterocycles. The summed E-state index contributed by atoms with van der Waals surface area (Å²) >= 11 is 7.56. The highest BCUT2D eigenvalue weighted by molar-refractivity contribution is 7.99. The number of ether oxygens (including phenoxy) is 1. The van der Waals surface area contributed by atoms with Crippen LogP contribution in [-0.4, -0.2) is 33.4 Å². The van der Waals surface area contributed by atoms with Crippen molar-refractivity contribution in [3.63, 3.8) is 0 Å². The van der Waals surface area contributed by atoms with E-state index in [0.717, 1.165) is 12.0 Å². The monoisotopic (exact) mass is 429 g/mol. The number of rotatable bonds is 8. The van der Waals surface area contributed by atoms with Gasteiger partial charge in [-0.2, -0.15) is 5.26 Å². The van der Waals surface area contributed by atoms with E-state index in [-0.39, 0.29) is 11.3 Å². The van der Waals surface area contributed by atoms with E-state index in [1.54, 1.807) is 19.2 Å². The zero-order chi connectivity index (χ0) is 20.8. The van der Waals surface area contributed by atoms with Gasteiger partial charge in [0.15, 0.2) is 11.0 Å². The number of nitro groups is 1. The summed E-state index contributed by atoms with van der Waals surface area (Å²) in [7, 11) is 1.63. The van der Waals surface area contributed by atoms with Crippen molar-refractivity contribution < 1.29 is 9.66 Å². The van der Waals surface area contributed by atoms with Crippen molar-refractivity contribution in [1.82, 2.24) is 14.8 Å². The van der Waals surface area contributed by atoms with E-state index in [9.17, 15) is 15.4 Å². The third-order valence-corrected chi connectivity index (χ3v) is 5.45. The van der Waals surface area contributed by atoms with Gasteiger partial charge in [-0.05, 0) is 36.4 Å². The predicted molar refractivity (Wildman–Crippen MR) is 109 cm³/mol. The van der Waals surface area contributed by atoms with E-state index in [2.05, 4.69) is 10.2 Å². The topological polar surface area (TPSA) is 107 Å². The second kappa shape index (κ2) is 9.52. The first-order chi connectivity index (χ1) is 14.0. The van der Waals surface area contributed by atoms with Crippen molar-refractivity contribution in [3.05, 3.63) is 63.2 Å². The summed E-state index contributed by atoms with van der Waals surface area (Å²) in [6, 6.07) is 13.5. The number of nitro benzene ring substituents is 1. The lowest BCUT2D eigenvalue weighted by Gasteiger charge is -2.11. The van der Waals surface area contributed by atoms with Crippen LogP contribution in [0.1, 0.15) is 12.0 Å². The third-order valence-electron chi connectivity index (χ3n) is 4.06. The molecule has 148 valence electrons. The van der Waals surface area contributed by atoms with E-state index >= 15 is 0 Å². The van der Waals surface area contributed by atoms with Crippen LogP contribution in [0, 0.1) is 21.4 Å². The van der Waals surface area contributed by atoms with Gasteiger partial charge in [-0.1, -0.05) is 23.7 Å². The second-order valence-corrected chi connectivity index (χ2v) is 7.35. The maximum atomic E-state index is 11.0. The van der Waals surface area contributed by atoms with E-state index in [4.69, 9.17) is 16.3 Å². The number of benzene rings is 2.